The largest absolute Gasteiger partial charge is 0.461 e. The maximum atomic E-state index is 13.7. The molecule has 1 aromatic rings. The number of esters is 1. The molecule has 242 valence electrons. The quantitative estimate of drug-likeness (QED) is 0.209. The molecular weight excluding hydrogens is 590 g/mol. The molecule has 3 rings (SSSR count). The van der Waals surface area contributed by atoms with Crippen molar-refractivity contribution >= 4 is 47.3 Å². The van der Waals surface area contributed by atoms with Crippen LogP contribution < -0.4 is 16.4 Å². The maximum Gasteiger partial charge on any atom is 0.307 e. The molecule has 0 aliphatic carbocycles. The maximum absolute atomic E-state index is 13.7. The number of amides is 5. The number of aliphatic hydroxyl groups excluding tert-OH is 1. The van der Waals surface area contributed by atoms with Gasteiger partial charge in [-0.05, 0) is 30.7 Å². The highest BCUT2D eigenvalue weighted by molar-refractivity contribution is 8.02. The second kappa shape index (κ2) is 15.9. The molecule has 0 aromatic heterocycles. The minimum Gasteiger partial charge on any atom is -0.461 e. The van der Waals surface area contributed by atoms with Gasteiger partial charge >= 0.3 is 5.97 Å². The number of nitrogens with two attached hydrogens (primary N) is 1. The van der Waals surface area contributed by atoms with Crippen LogP contribution in [0.2, 0.25) is 0 Å². The molecule has 5 amide bonds. The molecule has 2 aliphatic rings. The van der Waals surface area contributed by atoms with Crippen LogP contribution in [0.4, 0.5) is 0 Å². The van der Waals surface area contributed by atoms with Crippen LogP contribution in [0.1, 0.15) is 58.4 Å². The summed E-state index contributed by atoms with van der Waals surface area (Å²) < 4.78 is 5.40. The summed E-state index contributed by atoms with van der Waals surface area (Å²) in [6.45, 7) is 5.16. The summed E-state index contributed by atoms with van der Waals surface area (Å²) in [5.41, 5.74) is 6.31. The molecule has 0 radical (unpaired) electrons. The van der Waals surface area contributed by atoms with Crippen LogP contribution in [0.25, 0.3) is 0 Å². The standard InChI is InChI=1S/C30H43N5O8S/c1-19(2)15-22(27(31)40)33-25(38)16-24-29(42)35(12-9-26(39)43-18-21-7-5-4-6-8-21)30(44-24)10-13-34(14-11-30)28(41)23(17-36)32-20(3)37/h4-8,19,22-24,36H,9-18H2,1-3H3,(H2,31,40)(H,32,37)(H,33,38)/t22-,23-,24?/m0/s1. The van der Waals surface area contributed by atoms with E-state index in [4.69, 9.17) is 10.5 Å². The number of carbonyl (C=O) groups is 6. The van der Waals surface area contributed by atoms with Gasteiger partial charge in [0, 0.05) is 33.0 Å². The first kappa shape index (κ1) is 34.8. The average molecular weight is 634 g/mol. The number of likely N-dealkylation sites (tertiary alicyclic amines) is 1. The molecule has 1 spiro atoms. The summed E-state index contributed by atoms with van der Waals surface area (Å²) in [5, 5.41) is 14.0. The Morgan fingerprint density at radius 2 is 1.75 bits per heavy atom. The van der Waals surface area contributed by atoms with Crippen LogP contribution in [-0.2, 0) is 40.1 Å². The Hall–Kier alpha value is -3.65. The zero-order chi connectivity index (χ0) is 32.4. The molecule has 2 aliphatic heterocycles. The van der Waals surface area contributed by atoms with Gasteiger partial charge < -0.3 is 36.0 Å². The Kier molecular flexibility index (Phi) is 12.6. The minimum absolute atomic E-state index is 0.0598. The normalized spacial score (nSPS) is 19.0. The number of piperidine rings is 1. The van der Waals surface area contributed by atoms with Crippen LogP contribution in [0.15, 0.2) is 30.3 Å². The summed E-state index contributed by atoms with van der Waals surface area (Å²) in [4.78, 5) is 78.0. The third kappa shape index (κ3) is 9.42. The fourth-order valence-corrected chi connectivity index (χ4v) is 7.18. The van der Waals surface area contributed by atoms with E-state index < -0.39 is 58.4 Å². The average Bonchev–Trinajstić information content (AvgIpc) is 3.22. The van der Waals surface area contributed by atoms with Crippen molar-refractivity contribution < 1.29 is 38.6 Å². The van der Waals surface area contributed by atoms with Crippen LogP contribution in [-0.4, -0.2) is 98.9 Å². The number of ether oxygens (including phenoxy) is 1. The number of carbonyl (C=O) groups excluding carboxylic acids is 6. The van der Waals surface area contributed by atoms with Gasteiger partial charge in [0.25, 0.3) is 0 Å². The molecule has 3 atom stereocenters. The van der Waals surface area contributed by atoms with E-state index in [0.29, 0.717) is 19.3 Å². The monoisotopic (exact) mass is 633 g/mol. The molecule has 13 nitrogen and oxygen atoms in total. The summed E-state index contributed by atoms with van der Waals surface area (Å²) in [6, 6.07) is 7.29. The van der Waals surface area contributed by atoms with Crippen molar-refractivity contribution in [2.45, 2.75) is 81.7 Å². The lowest BCUT2D eigenvalue weighted by molar-refractivity contribution is -0.146. The first-order chi connectivity index (χ1) is 20.8. The number of benzene rings is 1. The molecule has 2 saturated heterocycles. The van der Waals surface area contributed by atoms with E-state index in [1.165, 1.54) is 23.6 Å². The van der Waals surface area contributed by atoms with Gasteiger partial charge in [0.15, 0.2) is 0 Å². The number of thioether (sulfide) groups is 1. The third-order valence-electron chi connectivity index (χ3n) is 7.65. The predicted molar refractivity (Wildman–Crippen MR) is 162 cm³/mol. The highest BCUT2D eigenvalue weighted by Crippen LogP contribution is 2.49. The van der Waals surface area contributed by atoms with Gasteiger partial charge in [-0.3, -0.25) is 28.8 Å². The minimum atomic E-state index is -1.07. The van der Waals surface area contributed by atoms with Crippen molar-refractivity contribution in [3.8, 4) is 0 Å². The molecule has 5 N–H and O–H groups in total. The van der Waals surface area contributed by atoms with Crippen LogP contribution >= 0.6 is 11.8 Å². The molecule has 2 fully saturated rings. The lowest BCUT2D eigenvalue weighted by Crippen LogP contribution is -2.57. The van der Waals surface area contributed by atoms with Crippen molar-refractivity contribution in [1.29, 1.82) is 0 Å². The summed E-state index contributed by atoms with van der Waals surface area (Å²) in [7, 11) is 0. The van der Waals surface area contributed by atoms with Gasteiger partial charge in [-0.1, -0.05) is 44.2 Å². The Labute approximate surface area is 261 Å². The van der Waals surface area contributed by atoms with Crippen LogP contribution in [0.3, 0.4) is 0 Å². The van der Waals surface area contributed by atoms with Gasteiger partial charge in [0.2, 0.25) is 29.5 Å². The number of rotatable bonds is 14. The molecule has 2 heterocycles. The molecular formula is C30H43N5O8S. The third-order valence-corrected chi connectivity index (χ3v) is 9.37. The number of aliphatic hydroxyl groups is 1. The summed E-state index contributed by atoms with van der Waals surface area (Å²) in [6.07, 6.45) is 0.824. The predicted octanol–water partition coefficient (Wildman–Crippen LogP) is 0.286. The number of nitrogens with zero attached hydrogens (tertiary/aromatic N) is 2. The van der Waals surface area contributed by atoms with E-state index in [2.05, 4.69) is 10.6 Å². The van der Waals surface area contributed by atoms with Crippen molar-refractivity contribution in [3.05, 3.63) is 35.9 Å². The Morgan fingerprint density at radius 1 is 1.09 bits per heavy atom. The fourth-order valence-electron chi connectivity index (χ4n) is 5.46. The molecule has 1 unspecified atom stereocenters. The van der Waals surface area contributed by atoms with Crippen LogP contribution in [0, 0.1) is 5.92 Å². The van der Waals surface area contributed by atoms with E-state index in [9.17, 15) is 33.9 Å². The number of hydrogen-bond acceptors (Lipinski definition) is 9. The molecule has 1 aromatic carbocycles. The topological polar surface area (TPSA) is 188 Å². The SMILES string of the molecule is CC(=O)N[C@@H](CO)C(=O)N1CCC2(CC1)SC(CC(=O)N[C@@H](CC(C)C)C(N)=O)C(=O)N2CCC(=O)OCc1ccccc1. The van der Waals surface area contributed by atoms with Gasteiger partial charge in [-0.2, -0.15) is 0 Å². The Morgan fingerprint density at radius 3 is 2.32 bits per heavy atom. The molecule has 44 heavy (non-hydrogen) atoms. The smallest absolute Gasteiger partial charge is 0.307 e. The number of primary amides is 1. The summed E-state index contributed by atoms with van der Waals surface area (Å²) in [5.74, 6) is -2.68. The molecule has 0 saturated carbocycles. The van der Waals surface area contributed by atoms with Gasteiger partial charge in [0.05, 0.1) is 23.1 Å². The highest BCUT2D eigenvalue weighted by atomic mass is 32.2. The first-order valence-electron chi connectivity index (χ1n) is 14.8. The zero-order valence-electron chi connectivity index (χ0n) is 25.5. The van der Waals surface area contributed by atoms with E-state index in [1.807, 2.05) is 44.2 Å². The van der Waals surface area contributed by atoms with E-state index >= 15 is 0 Å². The first-order valence-corrected chi connectivity index (χ1v) is 15.7. The van der Waals surface area contributed by atoms with Crippen LogP contribution in [0.5, 0.6) is 0 Å². The lowest BCUT2D eigenvalue weighted by Gasteiger charge is -2.44. The van der Waals surface area contributed by atoms with E-state index in [0.717, 1.165) is 5.56 Å². The number of nitrogens with one attached hydrogen (secondary N) is 2. The number of hydrogen-bond donors (Lipinski definition) is 4. The van der Waals surface area contributed by atoms with Crippen molar-refractivity contribution in [2.24, 2.45) is 11.7 Å². The van der Waals surface area contributed by atoms with Gasteiger partial charge in [-0.25, -0.2) is 0 Å². The van der Waals surface area contributed by atoms with Gasteiger partial charge in [-0.15, -0.1) is 11.8 Å². The highest BCUT2D eigenvalue weighted by Gasteiger charge is 2.53. The second-order valence-corrected chi connectivity index (χ2v) is 13.1. The summed E-state index contributed by atoms with van der Waals surface area (Å²) >= 11 is 1.32. The lowest BCUT2D eigenvalue weighted by atomic mass is 10.00. The second-order valence-electron chi connectivity index (χ2n) is 11.6. The molecule has 14 heteroatoms. The Bertz CT molecular complexity index is 1210. The molecule has 0 bridgehead atoms. The van der Waals surface area contributed by atoms with E-state index in [1.54, 1.807) is 4.90 Å². The van der Waals surface area contributed by atoms with Gasteiger partial charge in [0.1, 0.15) is 18.7 Å². The Balaban J connectivity index is 1.71. The van der Waals surface area contributed by atoms with E-state index in [-0.39, 0.29) is 50.9 Å². The van der Waals surface area contributed by atoms with Crippen molar-refractivity contribution in [3.63, 3.8) is 0 Å². The zero-order valence-corrected chi connectivity index (χ0v) is 26.3. The van der Waals surface area contributed by atoms with Crippen molar-refractivity contribution in [2.75, 3.05) is 26.2 Å². The fraction of sp³-hybridized carbons (Fsp3) is 0.600. The van der Waals surface area contributed by atoms with Crippen molar-refractivity contribution in [1.82, 2.24) is 20.4 Å².